The molecule has 0 aliphatic rings. The second kappa shape index (κ2) is 8.11. The highest BCUT2D eigenvalue weighted by Crippen LogP contribution is 2.21. The lowest BCUT2D eigenvalue weighted by molar-refractivity contribution is -0.140. The molecule has 3 N–H and O–H groups in total. The zero-order chi connectivity index (χ0) is 19.4. The summed E-state index contributed by atoms with van der Waals surface area (Å²) in [5, 5.41) is 9.05. The van der Waals surface area contributed by atoms with Crippen LogP contribution in [0.25, 0.3) is 0 Å². The zero-order valence-electron chi connectivity index (χ0n) is 14.0. The van der Waals surface area contributed by atoms with Crippen LogP contribution < -0.4 is 9.44 Å². The van der Waals surface area contributed by atoms with Crippen molar-refractivity contribution in [3.63, 3.8) is 0 Å². The van der Waals surface area contributed by atoms with Gasteiger partial charge in [-0.15, -0.1) is 0 Å². The van der Waals surface area contributed by atoms with Crippen molar-refractivity contribution < 1.29 is 31.1 Å². The highest BCUT2D eigenvalue weighted by Gasteiger charge is 2.28. The number of hydrogen-bond acceptors (Lipinski definition) is 5. The number of nitrogens with one attached hydrogen (secondary N) is 2. The van der Waals surface area contributed by atoms with Crippen LogP contribution in [0.1, 0.15) is 27.2 Å². The minimum Gasteiger partial charge on any atom is -0.480 e. The predicted molar refractivity (Wildman–Crippen MR) is 90.7 cm³/mol. The molecule has 0 spiro atoms. The lowest BCUT2D eigenvalue weighted by Gasteiger charge is -2.18. The first-order chi connectivity index (χ1) is 11.4. The molecule has 0 unspecified atom stereocenters. The third-order valence-corrected chi connectivity index (χ3v) is 6.12. The number of carbonyl (C=O) groups is 1. The number of hydrogen-bond donors (Lipinski definition) is 3. The number of carboxylic acid groups (broad SMARTS) is 1. The SMILES string of the molecule is CCCS(=O)(=O)Nc1ccc(S(=O)(=O)N[C@H](C(=O)O)C(C)C)cc1F. The first-order valence-corrected chi connectivity index (χ1v) is 10.6. The molecule has 11 heteroatoms. The van der Waals surface area contributed by atoms with E-state index in [0.717, 1.165) is 12.1 Å². The normalized spacial score (nSPS) is 13.6. The van der Waals surface area contributed by atoms with Crippen LogP contribution in [0.3, 0.4) is 0 Å². The molecule has 0 bridgehead atoms. The molecular weight excluding hydrogens is 375 g/mol. The van der Waals surface area contributed by atoms with Gasteiger partial charge >= 0.3 is 5.97 Å². The van der Waals surface area contributed by atoms with Crippen molar-refractivity contribution in [2.45, 2.75) is 38.1 Å². The minimum absolute atomic E-state index is 0.206. The number of aliphatic carboxylic acids is 1. The molecule has 0 aliphatic carbocycles. The van der Waals surface area contributed by atoms with Crippen molar-refractivity contribution in [2.75, 3.05) is 10.5 Å². The van der Waals surface area contributed by atoms with Gasteiger partial charge in [0.25, 0.3) is 0 Å². The van der Waals surface area contributed by atoms with Gasteiger partial charge in [-0.1, -0.05) is 20.8 Å². The maximum Gasteiger partial charge on any atom is 0.322 e. The summed E-state index contributed by atoms with van der Waals surface area (Å²) in [5.41, 5.74) is -0.383. The lowest BCUT2D eigenvalue weighted by Crippen LogP contribution is -2.44. The quantitative estimate of drug-likeness (QED) is 0.578. The van der Waals surface area contributed by atoms with Crippen molar-refractivity contribution in [3.8, 4) is 0 Å². The van der Waals surface area contributed by atoms with Crippen molar-refractivity contribution >= 4 is 31.7 Å². The molecule has 0 fully saturated rings. The van der Waals surface area contributed by atoms with E-state index in [1.54, 1.807) is 6.92 Å². The van der Waals surface area contributed by atoms with E-state index in [1.807, 2.05) is 9.44 Å². The summed E-state index contributed by atoms with van der Waals surface area (Å²) in [7, 11) is -8.02. The van der Waals surface area contributed by atoms with E-state index in [0.29, 0.717) is 12.5 Å². The van der Waals surface area contributed by atoms with E-state index in [-0.39, 0.29) is 11.4 Å². The molecule has 0 radical (unpaired) electrons. The zero-order valence-corrected chi connectivity index (χ0v) is 15.6. The average Bonchev–Trinajstić information content (AvgIpc) is 2.46. The summed E-state index contributed by atoms with van der Waals surface area (Å²) in [6.45, 7) is 4.69. The highest BCUT2D eigenvalue weighted by molar-refractivity contribution is 7.92. The molecule has 0 amide bonds. The van der Waals surface area contributed by atoms with Crippen LogP contribution in [0, 0.1) is 11.7 Å². The van der Waals surface area contributed by atoms with Crippen molar-refractivity contribution in [1.82, 2.24) is 4.72 Å². The third kappa shape index (κ3) is 5.94. The highest BCUT2D eigenvalue weighted by atomic mass is 32.2. The van der Waals surface area contributed by atoms with E-state index in [4.69, 9.17) is 5.11 Å². The van der Waals surface area contributed by atoms with Gasteiger partial charge < -0.3 is 5.11 Å². The number of carboxylic acids is 1. The lowest BCUT2D eigenvalue weighted by atomic mass is 10.1. The summed E-state index contributed by atoms with van der Waals surface area (Å²) in [6, 6.07) is 1.22. The van der Waals surface area contributed by atoms with Crippen LogP contribution in [-0.4, -0.2) is 39.7 Å². The first-order valence-electron chi connectivity index (χ1n) is 7.44. The van der Waals surface area contributed by atoms with Gasteiger partial charge in [-0.2, -0.15) is 4.72 Å². The Hall–Kier alpha value is -1.72. The standard InChI is InChI=1S/C14H21FN2O6S2/c1-4-7-24(20,21)16-12-6-5-10(8-11(12)15)25(22,23)17-13(9(2)3)14(18)19/h5-6,8-9,13,16-17H,4,7H2,1-3H3,(H,18,19)/t13-/m0/s1. The van der Waals surface area contributed by atoms with Crippen LogP contribution in [0.4, 0.5) is 10.1 Å². The number of sulfonamides is 2. The van der Waals surface area contributed by atoms with Gasteiger partial charge in [-0.05, 0) is 30.5 Å². The van der Waals surface area contributed by atoms with E-state index in [9.17, 15) is 26.0 Å². The first kappa shape index (κ1) is 21.3. The monoisotopic (exact) mass is 396 g/mol. The largest absolute Gasteiger partial charge is 0.480 e. The number of rotatable bonds is 9. The van der Waals surface area contributed by atoms with Gasteiger partial charge in [-0.25, -0.2) is 21.2 Å². The molecule has 8 nitrogen and oxygen atoms in total. The molecule has 1 aromatic rings. The summed E-state index contributed by atoms with van der Waals surface area (Å²) in [6.07, 6.45) is 0.332. The van der Waals surface area contributed by atoms with Gasteiger partial charge in [0.15, 0.2) is 0 Å². The van der Waals surface area contributed by atoms with Crippen molar-refractivity contribution in [3.05, 3.63) is 24.0 Å². The molecule has 0 saturated heterocycles. The Morgan fingerprint density at radius 3 is 2.28 bits per heavy atom. The van der Waals surface area contributed by atoms with Gasteiger partial charge in [0.2, 0.25) is 20.0 Å². The summed E-state index contributed by atoms with van der Waals surface area (Å²) >= 11 is 0. The molecule has 0 aromatic heterocycles. The molecule has 1 aromatic carbocycles. The Morgan fingerprint density at radius 2 is 1.84 bits per heavy atom. The minimum atomic E-state index is -4.29. The molecule has 0 saturated carbocycles. The maximum absolute atomic E-state index is 14.1. The van der Waals surface area contributed by atoms with Crippen LogP contribution in [-0.2, 0) is 24.8 Å². The van der Waals surface area contributed by atoms with Crippen LogP contribution in [0.15, 0.2) is 23.1 Å². The fourth-order valence-electron chi connectivity index (χ4n) is 1.94. The van der Waals surface area contributed by atoms with Gasteiger partial charge in [-0.3, -0.25) is 9.52 Å². The van der Waals surface area contributed by atoms with E-state index >= 15 is 0 Å². The second-order valence-corrected chi connectivity index (χ2v) is 9.30. The average molecular weight is 396 g/mol. The molecular formula is C14H21FN2O6S2. The maximum atomic E-state index is 14.1. The Labute approximate surface area is 146 Å². The summed E-state index contributed by atoms with van der Waals surface area (Å²) < 4.78 is 65.9. The fourth-order valence-corrected chi connectivity index (χ4v) is 4.43. The Morgan fingerprint density at radius 1 is 1.24 bits per heavy atom. The van der Waals surface area contributed by atoms with E-state index < -0.39 is 48.7 Å². The molecule has 1 rings (SSSR count). The fraction of sp³-hybridized carbons (Fsp3) is 0.500. The van der Waals surface area contributed by atoms with Crippen LogP contribution in [0.5, 0.6) is 0 Å². The number of benzene rings is 1. The van der Waals surface area contributed by atoms with Gasteiger partial charge in [0, 0.05) is 0 Å². The molecule has 142 valence electrons. The Bertz CT molecular complexity index is 837. The topological polar surface area (TPSA) is 130 Å². The summed E-state index contributed by atoms with van der Waals surface area (Å²) in [4.78, 5) is 10.6. The number of halogens is 1. The number of anilines is 1. The van der Waals surface area contributed by atoms with Gasteiger partial charge in [0.05, 0.1) is 16.3 Å². The van der Waals surface area contributed by atoms with Crippen molar-refractivity contribution in [2.24, 2.45) is 5.92 Å². The predicted octanol–water partition coefficient (Wildman–Crippen LogP) is 1.36. The third-order valence-electron chi connectivity index (χ3n) is 3.20. The van der Waals surface area contributed by atoms with E-state index in [1.165, 1.54) is 13.8 Å². The molecule has 0 heterocycles. The Kier molecular flexibility index (Phi) is 6.91. The Balaban J connectivity index is 3.11. The van der Waals surface area contributed by atoms with Crippen LogP contribution in [0.2, 0.25) is 0 Å². The smallest absolute Gasteiger partial charge is 0.322 e. The molecule has 0 aliphatic heterocycles. The van der Waals surface area contributed by atoms with Crippen molar-refractivity contribution in [1.29, 1.82) is 0 Å². The van der Waals surface area contributed by atoms with Crippen LogP contribution >= 0.6 is 0 Å². The van der Waals surface area contributed by atoms with E-state index in [2.05, 4.69) is 0 Å². The molecule has 25 heavy (non-hydrogen) atoms. The molecule has 1 atom stereocenters. The van der Waals surface area contributed by atoms with Gasteiger partial charge in [0.1, 0.15) is 11.9 Å². The summed E-state index contributed by atoms with van der Waals surface area (Å²) in [5.74, 6) is -3.18. The second-order valence-electron chi connectivity index (χ2n) is 5.74.